The van der Waals surface area contributed by atoms with E-state index in [0.29, 0.717) is 5.75 Å². The van der Waals surface area contributed by atoms with Crippen LogP contribution >= 0.6 is 0 Å². The van der Waals surface area contributed by atoms with E-state index in [1.54, 1.807) is 0 Å². The van der Waals surface area contributed by atoms with Gasteiger partial charge in [-0.15, -0.1) is 0 Å². The fourth-order valence-electron chi connectivity index (χ4n) is 4.02. The smallest absolute Gasteiger partial charge is 0.211 e. The third-order valence-electron chi connectivity index (χ3n) is 5.72. The van der Waals surface area contributed by atoms with E-state index < -0.39 is 10.0 Å². The van der Waals surface area contributed by atoms with E-state index in [9.17, 15) is 8.42 Å². The highest BCUT2D eigenvalue weighted by Gasteiger charge is 2.19. The number of unbranched alkanes of at least 4 members (excludes halogenated alkanes) is 13. The lowest BCUT2D eigenvalue weighted by Gasteiger charge is -2.22. The molecule has 1 rings (SSSR count). The van der Waals surface area contributed by atoms with E-state index in [2.05, 4.69) is 11.6 Å². The maximum atomic E-state index is 12.1. The van der Waals surface area contributed by atoms with E-state index >= 15 is 0 Å². The highest BCUT2D eigenvalue weighted by atomic mass is 32.2. The molecule has 0 aromatic carbocycles. The SMILES string of the molecule is CCCCCCCCCCCCCCCCS(=O)(=O)NC1CCCCC1. The second-order valence-electron chi connectivity index (χ2n) is 8.37. The molecule has 0 saturated heterocycles. The van der Waals surface area contributed by atoms with Gasteiger partial charge in [0.05, 0.1) is 5.75 Å². The molecule has 4 heteroatoms. The van der Waals surface area contributed by atoms with Crippen LogP contribution in [0.3, 0.4) is 0 Å². The molecule has 1 fully saturated rings. The molecule has 26 heavy (non-hydrogen) atoms. The molecule has 0 heterocycles. The largest absolute Gasteiger partial charge is 0.212 e. The van der Waals surface area contributed by atoms with Crippen molar-refractivity contribution in [2.24, 2.45) is 0 Å². The summed E-state index contributed by atoms with van der Waals surface area (Å²) in [7, 11) is -3.05. The normalized spacial score (nSPS) is 16.2. The summed E-state index contributed by atoms with van der Waals surface area (Å²) in [6.07, 6.45) is 23.9. The van der Waals surface area contributed by atoms with Gasteiger partial charge in [0.2, 0.25) is 10.0 Å². The predicted octanol–water partition coefficient (Wildman–Crippen LogP) is 6.72. The zero-order valence-electron chi connectivity index (χ0n) is 17.4. The van der Waals surface area contributed by atoms with Crippen LogP contribution in [-0.4, -0.2) is 20.2 Å². The van der Waals surface area contributed by atoms with Crippen LogP contribution in [0.5, 0.6) is 0 Å². The van der Waals surface area contributed by atoms with Gasteiger partial charge in [0.15, 0.2) is 0 Å². The van der Waals surface area contributed by atoms with Crippen LogP contribution in [0.2, 0.25) is 0 Å². The van der Waals surface area contributed by atoms with Crippen molar-refractivity contribution in [3.05, 3.63) is 0 Å². The first kappa shape index (κ1) is 23.9. The Labute approximate surface area is 164 Å². The minimum Gasteiger partial charge on any atom is -0.212 e. The average molecular weight is 388 g/mol. The second kappa shape index (κ2) is 15.9. The minimum absolute atomic E-state index is 0.209. The summed E-state index contributed by atoms with van der Waals surface area (Å²) in [5.74, 6) is 0.321. The monoisotopic (exact) mass is 387 g/mol. The zero-order chi connectivity index (χ0) is 18.9. The van der Waals surface area contributed by atoms with Crippen molar-refractivity contribution >= 4 is 10.0 Å². The van der Waals surface area contributed by atoms with Crippen LogP contribution in [0.1, 0.15) is 129 Å². The topological polar surface area (TPSA) is 46.2 Å². The Bertz CT molecular complexity index is 402. The Morgan fingerprint density at radius 2 is 1.08 bits per heavy atom. The molecule has 1 aliphatic carbocycles. The number of hydrogen-bond donors (Lipinski definition) is 1. The van der Waals surface area contributed by atoms with Crippen LogP contribution in [0.25, 0.3) is 0 Å². The van der Waals surface area contributed by atoms with Crippen LogP contribution in [-0.2, 0) is 10.0 Å². The van der Waals surface area contributed by atoms with Crippen LogP contribution in [0.15, 0.2) is 0 Å². The van der Waals surface area contributed by atoms with Gasteiger partial charge in [-0.2, -0.15) is 0 Å². The van der Waals surface area contributed by atoms with E-state index in [-0.39, 0.29) is 6.04 Å². The Hall–Kier alpha value is -0.0900. The van der Waals surface area contributed by atoms with Crippen molar-refractivity contribution in [1.29, 1.82) is 0 Å². The molecule has 0 aromatic rings. The summed E-state index contributed by atoms with van der Waals surface area (Å²) in [6, 6.07) is 0.209. The molecule has 1 N–H and O–H groups in total. The summed E-state index contributed by atoms with van der Waals surface area (Å²) in [6.45, 7) is 2.27. The Morgan fingerprint density at radius 3 is 1.54 bits per heavy atom. The molecule has 0 radical (unpaired) electrons. The van der Waals surface area contributed by atoms with Crippen LogP contribution < -0.4 is 4.72 Å². The van der Waals surface area contributed by atoms with E-state index in [0.717, 1.165) is 25.7 Å². The Morgan fingerprint density at radius 1 is 0.654 bits per heavy atom. The molecule has 3 nitrogen and oxygen atoms in total. The van der Waals surface area contributed by atoms with Gasteiger partial charge in [0, 0.05) is 6.04 Å². The molecule has 0 amide bonds. The molecule has 1 saturated carbocycles. The van der Waals surface area contributed by atoms with Gasteiger partial charge in [-0.3, -0.25) is 0 Å². The quantitative estimate of drug-likeness (QED) is 0.282. The van der Waals surface area contributed by atoms with E-state index in [1.807, 2.05) is 0 Å². The first-order valence-electron chi connectivity index (χ1n) is 11.6. The van der Waals surface area contributed by atoms with Crippen molar-refractivity contribution in [3.63, 3.8) is 0 Å². The molecular formula is C22H45NO2S. The molecule has 156 valence electrons. The molecule has 0 aromatic heterocycles. The summed E-state index contributed by atoms with van der Waals surface area (Å²) in [5.41, 5.74) is 0. The van der Waals surface area contributed by atoms with Gasteiger partial charge in [-0.1, -0.05) is 110 Å². The molecule has 0 atom stereocenters. The fourth-order valence-corrected chi connectivity index (χ4v) is 5.47. The summed E-state index contributed by atoms with van der Waals surface area (Å²) < 4.78 is 27.1. The van der Waals surface area contributed by atoms with Gasteiger partial charge >= 0.3 is 0 Å². The summed E-state index contributed by atoms with van der Waals surface area (Å²) in [4.78, 5) is 0. The highest BCUT2D eigenvalue weighted by Crippen LogP contribution is 2.18. The Balaban J connectivity index is 1.84. The third kappa shape index (κ3) is 14.0. The van der Waals surface area contributed by atoms with Crippen molar-refractivity contribution in [3.8, 4) is 0 Å². The van der Waals surface area contributed by atoms with E-state index in [1.165, 1.54) is 96.3 Å². The molecule has 0 bridgehead atoms. The highest BCUT2D eigenvalue weighted by molar-refractivity contribution is 7.89. The Kier molecular flexibility index (Phi) is 14.7. The van der Waals surface area contributed by atoms with Crippen molar-refractivity contribution in [2.45, 2.75) is 135 Å². The molecular weight excluding hydrogens is 342 g/mol. The van der Waals surface area contributed by atoms with Crippen LogP contribution in [0, 0.1) is 0 Å². The lowest BCUT2D eigenvalue weighted by atomic mass is 9.96. The number of hydrogen-bond acceptors (Lipinski definition) is 2. The maximum absolute atomic E-state index is 12.1. The van der Waals surface area contributed by atoms with Gasteiger partial charge in [-0.05, 0) is 19.3 Å². The predicted molar refractivity (Wildman–Crippen MR) is 114 cm³/mol. The second-order valence-corrected chi connectivity index (χ2v) is 10.2. The minimum atomic E-state index is -3.05. The lowest BCUT2D eigenvalue weighted by molar-refractivity contribution is 0.411. The van der Waals surface area contributed by atoms with Crippen molar-refractivity contribution in [1.82, 2.24) is 4.72 Å². The van der Waals surface area contributed by atoms with Gasteiger partial charge in [0.1, 0.15) is 0 Å². The van der Waals surface area contributed by atoms with Gasteiger partial charge < -0.3 is 0 Å². The first-order chi connectivity index (χ1) is 12.6. The molecule has 0 aliphatic heterocycles. The third-order valence-corrected chi connectivity index (χ3v) is 7.24. The van der Waals surface area contributed by atoms with Crippen LogP contribution in [0.4, 0.5) is 0 Å². The molecule has 0 spiro atoms. The lowest BCUT2D eigenvalue weighted by Crippen LogP contribution is -2.37. The standard InChI is InChI=1S/C22H45NO2S/c1-2-3-4-5-6-7-8-9-10-11-12-13-14-18-21-26(24,25)23-22-19-16-15-17-20-22/h22-23H,2-21H2,1H3. The van der Waals surface area contributed by atoms with Crippen molar-refractivity contribution < 1.29 is 8.42 Å². The average Bonchev–Trinajstić information content (AvgIpc) is 2.62. The molecule has 1 aliphatic rings. The first-order valence-corrected chi connectivity index (χ1v) is 13.3. The number of sulfonamides is 1. The number of nitrogens with one attached hydrogen (secondary N) is 1. The maximum Gasteiger partial charge on any atom is 0.211 e. The molecule has 0 unspecified atom stereocenters. The van der Waals surface area contributed by atoms with E-state index in [4.69, 9.17) is 0 Å². The fraction of sp³-hybridized carbons (Fsp3) is 1.00. The number of rotatable bonds is 17. The summed E-state index contributed by atoms with van der Waals surface area (Å²) >= 11 is 0. The van der Waals surface area contributed by atoms with Crippen molar-refractivity contribution in [2.75, 3.05) is 5.75 Å². The summed E-state index contributed by atoms with van der Waals surface area (Å²) in [5, 5.41) is 0. The van der Waals surface area contributed by atoms with Gasteiger partial charge in [0.25, 0.3) is 0 Å². The van der Waals surface area contributed by atoms with Gasteiger partial charge in [-0.25, -0.2) is 13.1 Å². The zero-order valence-corrected chi connectivity index (χ0v) is 18.3.